The summed E-state index contributed by atoms with van der Waals surface area (Å²) in [7, 11) is 8.73. The molecule has 100 heavy (non-hydrogen) atoms. The van der Waals surface area contributed by atoms with Crippen LogP contribution >= 0.6 is 11.6 Å². The number of morpholine rings is 1. The van der Waals surface area contributed by atoms with Crippen molar-refractivity contribution in [1.29, 1.82) is 0 Å². The fourth-order valence-corrected chi connectivity index (χ4v) is 17.5. The zero-order valence-corrected chi connectivity index (χ0v) is 61.6. The molecule has 0 aromatic rings. The average molecular weight is 1430 g/mol. The van der Waals surface area contributed by atoms with Crippen LogP contribution in [0.25, 0.3) is 0 Å². The van der Waals surface area contributed by atoms with E-state index < -0.39 is 173 Å². The molecule has 8 aliphatic rings. The predicted octanol–water partition coefficient (Wildman–Crippen LogP) is 4.69. The Hall–Kier alpha value is -6.32. The number of nitrogens with one attached hydrogen (secondary N) is 3. The molecule has 4 aliphatic carbocycles. The summed E-state index contributed by atoms with van der Waals surface area (Å²) >= 11 is 6.41. The van der Waals surface area contributed by atoms with Gasteiger partial charge in [-0.25, -0.2) is 0 Å². The van der Waals surface area contributed by atoms with E-state index in [0.29, 0.717) is 51.4 Å². The number of rotatable bonds is 10. The Morgan fingerprint density at radius 2 is 1.22 bits per heavy atom. The molecule has 3 unspecified atom stereocenters. The molecule has 0 aromatic carbocycles. The standard InChI is InChI=1S/C71H112ClF3N12O13/c1-12-43(4)57-66(96)80(7)44(5)62(92)87-33-29-52(87)64(94)83(10)58(46-20-13-14-21-46)67(97)79(6)41-55(88)76-50(28-26-45-25-27-48(49(72)39-45)71(73,74)75)63(93)86-32-19-24-51(86)61(91)78-70(30-17-18-31-70)69(99)84(11)59(47-22-15-16-23-47)68(98)82(9)54(65(95)85-34-36-100-37-35-85)40-56(89)81(8)53(38-42(2)3)60(90)77-57/h42-54,57-59H,12-41H2,1-11H3,(H,76,88)(H,77,90)(H,78,91)/t43-,44-,45?,48?,49?,50-,51-,52-,53-,54-,57-,58-,59-/m0/s1. The van der Waals surface area contributed by atoms with Crippen LogP contribution in [0.3, 0.4) is 0 Å². The van der Waals surface area contributed by atoms with Gasteiger partial charge in [-0.2, -0.15) is 13.2 Å². The number of alkyl halides is 4. The highest BCUT2D eigenvalue weighted by molar-refractivity contribution is 6.21. The van der Waals surface area contributed by atoms with E-state index in [1.165, 1.54) is 93.3 Å². The van der Waals surface area contributed by atoms with Crippen molar-refractivity contribution in [3.63, 3.8) is 0 Å². The molecule has 4 aliphatic heterocycles. The Morgan fingerprint density at radius 3 is 1.78 bits per heavy atom. The van der Waals surface area contributed by atoms with Gasteiger partial charge < -0.3 is 64.8 Å². The largest absolute Gasteiger partial charge is 0.393 e. The van der Waals surface area contributed by atoms with Crippen molar-refractivity contribution in [2.75, 3.05) is 88.2 Å². The molecule has 13 atom stereocenters. The summed E-state index contributed by atoms with van der Waals surface area (Å²) in [5.41, 5.74) is -1.56. The Morgan fingerprint density at radius 1 is 0.620 bits per heavy atom. The summed E-state index contributed by atoms with van der Waals surface area (Å²) in [6.07, 6.45) is 2.96. The van der Waals surface area contributed by atoms with Gasteiger partial charge in [0.15, 0.2) is 0 Å². The number of halogens is 4. The summed E-state index contributed by atoms with van der Waals surface area (Å²) in [5.74, 6) is -10.9. The molecule has 0 radical (unpaired) electrons. The van der Waals surface area contributed by atoms with E-state index in [0.717, 1.165) is 25.7 Å². The molecule has 4 heterocycles. The van der Waals surface area contributed by atoms with Crippen molar-refractivity contribution in [3.8, 4) is 0 Å². The Kier molecular flexibility index (Phi) is 27.2. The number of carbonyl (C=O) groups is 12. The molecule has 25 nitrogen and oxygen atoms in total. The van der Waals surface area contributed by atoms with E-state index >= 15 is 28.8 Å². The molecular weight excluding hydrogens is 1320 g/mol. The molecule has 29 heteroatoms. The van der Waals surface area contributed by atoms with Gasteiger partial charge in [0, 0.05) is 73.8 Å². The van der Waals surface area contributed by atoms with Crippen LogP contribution in [0.15, 0.2) is 0 Å². The van der Waals surface area contributed by atoms with Crippen LogP contribution in [0.4, 0.5) is 13.2 Å². The summed E-state index contributed by atoms with van der Waals surface area (Å²) in [4.78, 5) is 193. The maximum Gasteiger partial charge on any atom is 0.393 e. The lowest BCUT2D eigenvalue weighted by Crippen LogP contribution is -2.65. The number of likely N-dealkylation sites (N-methyl/N-ethyl adjacent to an activating group) is 6. The molecule has 562 valence electrons. The first-order chi connectivity index (χ1) is 47.2. The van der Waals surface area contributed by atoms with Crippen LogP contribution < -0.4 is 16.0 Å². The van der Waals surface area contributed by atoms with Gasteiger partial charge in [0.25, 0.3) is 0 Å². The molecule has 0 bridgehead atoms. The second kappa shape index (κ2) is 34.3. The van der Waals surface area contributed by atoms with Crippen LogP contribution in [-0.4, -0.2) is 275 Å². The Labute approximate surface area is 593 Å². The lowest BCUT2D eigenvalue weighted by atomic mass is 9.78. The fourth-order valence-electron chi connectivity index (χ4n) is 17.0. The van der Waals surface area contributed by atoms with E-state index in [1.807, 2.05) is 20.8 Å². The average Bonchev–Trinajstić information content (AvgIpc) is 1.35. The Bertz CT molecular complexity index is 2980. The third-order valence-corrected chi connectivity index (χ3v) is 24.1. The molecule has 0 aromatic heterocycles. The number of fused-ring (bicyclic) bond motifs is 2. The minimum absolute atomic E-state index is 0.000989. The monoisotopic (exact) mass is 1430 g/mol. The number of hydrogen-bond acceptors (Lipinski definition) is 13. The summed E-state index contributed by atoms with van der Waals surface area (Å²) < 4.78 is 47.6. The number of ether oxygens (including phenoxy) is 1. The van der Waals surface area contributed by atoms with Crippen molar-refractivity contribution in [2.24, 2.45) is 35.5 Å². The SMILES string of the molecule is CC[C@H](C)[C@@H]1NC(=O)[C@H](CC(C)C)N(C)C(=O)C[C@@H](C(=O)N2CCOCC2)N(C)C(=O)[C@H](C2CCCC2)N(C)C(=O)C2(CCCC2)NC(=O)[C@@H]2CCCN2C(=O)[C@H](CCC2CCC(C(F)(F)F)C(Cl)C2)NC(=O)CN(C)C(=O)[C@H](C2CCCC2)N(C)C(=O)[C@@H]2CCN2C(=O)[C@H](C)N(C)C1=O. The highest BCUT2D eigenvalue weighted by Crippen LogP contribution is 2.44. The van der Waals surface area contributed by atoms with E-state index in [1.54, 1.807) is 6.92 Å². The van der Waals surface area contributed by atoms with Gasteiger partial charge in [-0.05, 0) is 133 Å². The van der Waals surface area contributed by atoms with E-state index in [9.17, 15) is 41.9 Å². The minimum Gasteiger partial charge on any atom is -0.378 e. The quantitative estimate of drug-likeness (QED) is 0.251. The van der Waals surface area contributed by atoms with E-state index in [2.05, 4.69) is 16.0 Å². The molecule has 1 spiro atoms. The highest BCUT2D eigenvalue weighted by Gasteiger charge is 2.53. The van der Waals surface area contributed by atoms with Gasteiger partial charge >= 0.3 is 6.18 Å². The van der Waals surface area contributed by atoms with E-state index in [4.69, 9.17) is 16.3 Å². The number of carbonyl (C=O) groups excluding carboxylic acids is 12. The molecule has 4 saturated heterocycles. The number of hydrogen-bond donors (Lipinski definition) is 3. The highest BCUT2D eigenvalue weighted by atomic mass is 35.5. The molecule has 8 rings (SSSR count). The lowest BCUT2D eigenvalue weighted by Gasteiger charge is -2.45. The van der Waals surface area contributed by atoms with Crippen molar-refractivity contribution in [1.82, 2.24) is 60.0 Å². The van der Waals surface area contributed by atoms with Crippen molar-refractivity contribution < 1.29 is 75.4 Å². The van der Waals surface area contributed by atoms with Crippen LogP contribution in [0.5, 0.6) is 0 Å². The second-order valence-electron chi connectivity index (χ2n) is 30.6. The van der Waals surface area contributed by atoms with Crippen LogP contribution in [0.1, 0.15) is 182 Å². The van der Waals surface area contributed by atoms with Crippen LogP contribution in [0, 0.1) is 35.5 Å². The maximum atomic E-state index is 15.7. The van der Waals surface area contributed by atoms with Gasteiger partial charge in [-0.1, -0.05) is 72.6 Å². The first-order valence-corrected chi connectivity index (χ1v) is 37.3. The van der Waals surface area contributed by atoms with Crippen LogP contribution in [-0.2, 0) is 62.3 Å². The summed E-state index contributed by atoms with van der Waals surface area (Å²) in [6.45, 7) is 9.25. The lowest BCUT2D eigenvalue weighted by molar-refractivity contribution is -0.182. The third-order valence-electron chi connectivity index (χ3n) is 23.6. The predicted molar refractivity (Wildman–Crippen MR) is 365 cm³/mol. The molecular formula is C71H112ClF3N12O13. The topological polar surface area (TPSA) is 279 Å². The minimum atomic E-state index is -4.51. The van der Waals surface area contributed by atoms with Crippen molar-refractivity contribution in [2.45, 2.75) is 254 Å². The summed E-state index contributed by atoms with van der Waals surface area (Å²) in [5, 5.41) is 7.64. The first kappa shape index (κ1) is 79.4. The zero-order valence-electron chi connectivity index (χ0n) is 60.8. The van der Waals surface area contributed by atoms with Gasteiger partial charge in [0.2, 0.25) is 70.9 Å². The smallest absolute Gasteiger partial charge is 0.378 e. The third kappa shape index (κ3) is 18.0. The summed E-state index contributed by atoms with van der Waals surface area (Å²) in [6, 6.07) is -10.8. The van der Waals surface area contributed by atoms with Gasteiger partial charge in [-0.3, -0.25) is 57.5 Å². The van der Waals surface area contributed by atoms with Crippen LogP contribution in [0.2, 0.25) is 0 Å². The zero-order chi connectivity index (χ0) is 73.4. The second-order valence-corrected chi connectivity index (χ2v) is 31.2. The van der Waals surface area contributed by atoms with Crippen molar-refractivity contribution >= 4 is 82.5 Å². The number of nitrogens with zero attached hydrogens (tertiary/aromatic N) is 9. The van der Waals surface area contributed by atoms with Gasteiger partial charge in [0.1, 0.15) is 59.9 Å². The fraction of sp³-hybridized carbons (Fsp3) is 0.831. The Balaban J connectivity index is 1.16. The first-order valence-electron chi connectivity index (χ1n) is 36.9. The molecule has 4 saturated carbocycles. The van der Waals surface area contributed by atoms with Crippen molar-refractivity contribution in [3.05, 3.63) is 0 Å². The maximum absolute atomic E-state index is 15.7. The molecule has 3 N–H and O–H groups in total. The molecule has 12 amide bonds. The van der Waals surface area contributed by atoms with Gasteiger partial charge in [-0.15, -0.1) is 11.6 Å². The van der Waals surface area contributed by atoms with E-state index in [-0.39, 0.29) is 121 Å². The molecule has 8 fully saturated rings. The number of amides is 12. The van der Waals surface area contributed by atoms with Gasteiger partial charge in [0.05, 0.1) is 32.1 Å². The normalized spacial score (nSPS) is 31.8.